The number of fused-ring (bicyclic) bond motifs is 2. The number of para-hydroxylation sites is 1. The van der Waals surface area contributed by atoms with Crippen molar-refractivity contribution in [3.05, 3.63) is 48.2 Å². The summed E-state index contributed by atoms with van der Waals surface area (Å²) in [6.45, 7) is 5.88. The van der Waals surface area contributed by atoms with E-state index in [2.05, 4.69) is 50.1 Å². The van der Waals surface area contributed by atoms with Crippen LogP contribution < -0.4 is 9.64 Å². The molecular formula is C28H37N5O2. The number of hydrogen-bond donors (Lipinski definition) is 0. The molecule has 1 aromatic carbocycles. The topological polar surface area (TPSA) is 57.9 Å². The lowest BCUT2D eigenvalue weighted by Crippen LogP contribution is -2.57. The van der Waals surface area contributed by atoms with Gasteiger partial charge in [0, 0.05) is 63.0 Å². The lowest BCUT2D eigenvalue weighted by Gasteiger charge is -2.46. The third-order valence-corrected chi connectivity index (χ3v) is 8.31. The molecular weight excluding hydrogens is 438 g/mol. The van der Waals surface area contributed by atoms with Crippen LogP contribution in [0.15, 0.2) is 47.1 Å². The fourth-order valence-electron chi connectivity index (χ4n) is 6.24. The van der Waals surface area contributed by atoms with Crippen LogP contribution >= 0.6 is 0 Å². The number of rotatable bonds is 7. The predicted octanol–water partition coefficient (Wildman–Crippen LogP) is 4.58. The highest BCUT2D eigenvalue weighted by Crippen LogP contribution is 2.31. The first-order chi connectivity index (χ1) is 17.2. The maximum Gasteiger partial charge on any atom is 0.213 e. The Morgan fingerprint density at radius 3 is 2.77 bits per heavy atom. The van der Waals surface area contributed by atoms with Crippen molar-refractivity contribution in [3.63, 3.8) is 0 Å². The largest absolute Gasteiger partial charge is 0.477 e. The fraction of sp³-hybridized carbons (Fsp3) is 0.571. The van der Waals surface area contributed by atoms with Crippen LogP contribution in [-0.2, 0) is 6.54 Å². The first-order valence-electron chi connectivity index (χ1n) is 13.3. The molecule has 6 rings (SSSR count). The molecule has 2 atom stereocenters. The zero-order valence-electron chi connectivity index (χ0n) is 20.8. The van der Waals surface area contributed by atoms with E-state index in [-0.39, 0.29) is 0 Å². The van der Waals surface area contributed by atoms with Crippen LogP contribution in [-0.4, -0.2) is 71.9 Å². The standard InChI is InChI=1S/C28H37N5O2/c1-31(23-6-2-3-7-23)17-21-11-13-27(29-16-21)34-20-22-10-12-24-19-33(15-14-32(24)18-22)28-25-8-4-5-9-26(25)35-30-28/h4-5,8-9,11,13,16,22-24H,2-3,6-7,10,12,14-15,17-20H2,1H3. The summed E-state index contributed by atoms with van der Waals surface area (Å²) in [6, 6.07) is 13.7. The highest BCUT2D eigenvalue weighted by molar-refractivity contribution is 5.88. The minimum Gasteiger partial charge on any atom is -0.477 e. The third kappa shape index (κ3) is 5.02. The number of benzene rings is 1. The number of piperazine rings is 1. The first-order valence-corrected chi connectivity index (χ1v) is 13.3. The zero-order valence-corrected chi connectivity index (χ0v) is 20.8. The van der Waals surface area contributed by atoms with Crippen molar-refractivity contribution >= 4 is 16.8 Å². The van der Waals surface area contributed by atoms with Crippen LogP contribution in [0.25, 0.3) is 11.0 Å². The molecule has 186 valence electrons. The van der Waals surface area contributed by atoms with E-state index in [4.69, 9.17) is 9.26 Å². The zero-order chi connectivity index (χ0) is 23.6. The first kappa shape index (κ1) is 22.8. The molecule has 0 spiro atoms. The van der Waals surface area contributed by atoms with Gasteiger partial charge in [0.2, 0.25) is 5.88 Å². The second kappa shape index (κ2) is 10.2. The van der Waals surface area contributed by atoms with Gasteiger partial charge in [0.15, 0.2) is 11.4 Å². The summed E-state index contributed by atoms with van der Waals surface area (Å²) in [5, 5.41) is 5.50. The number of hydrogen-bond acceptors (Lipinski definition) is 7. The minimum atomic E-state index is 0.556. The number of aromatic nitrogens is 2. The Hall–Kier alpha value is -2.64. The molecule has 1 saturated carbocycles. The summed E-state index contributed by atoms with van der Waals surface area (Å²) in [4.78, 5) is 12.1. The third-order valence-electron chi connectivity index (χ3n) is 8.31. The Kier molecular flexibility index (Phi) is 6.61. The Labute approximate surface area is 208 Å². The smallest absolute Gasteiger partial charge is 0.213 e. The number of anilines is 1. The molecule has 2 unspecified atom stereocenters. The second-order valence-electron chi connectivity index (χ2n) is 10.7. The van der Waals surface area contributed by atoms with Crippen molar-refractivity contribution in [2.75, 3.05) is 44.7 Å². The lowest BCUT2D eigenvalue weighted by molar-refractivity contribution is 0.0716. The number of nitrogens with zero attached hydrogens (tertiary/aromatic N) is 5. The molecule has 7 heteroatoms. The summed E-state index contributed by atoms with van der Waals surface area (Å²) in [6.07, 6.45) is 9.79. The Morgan fingerprint density at radius 2 is 1.91 bits per heavy atom. The van der Waals surface area contributed by atoms with E-state index in [9.17, 15) is 0 Å². The van der Waals surface area contributed by atoms with Gasteiger partial charge in [0.1, 0.15) is 0 Å². The van der Waals surface area contributed by atoms with Gasteiger partial charge < -0.3 is 14.2 Å². The normalized spacial score (nSPS) is 23.8. The van der Waals surface area contributed by atoms with E-state index in [1.807, 2.05) is 24.4 Å². The average Bonchev–Trinajstić information content (AvgIpc) is 3.59. The molecule has 35 heavy (non-hydrogen) atoms. The van der Waals surface area contributed by atoms with Crippen LogP contribution in [0.1, 0.15) is 44.1 Å². The van der Waals surface area contributed by atoms with E-state index in [0.29, 0.717) is 12.0 Å². The molecule has 3 aliphatic rings. The van der Waals surface area contributed by atoms with E-state index in [0.717, 1.165) is 68.0 Å². The molecule has 3 fully saturated rings. The fourth-order valence-corrected chi connectivity index (χ4v) is 6.24. The number of pyridine rings is 1. The van der Waals surface area contributed by atoms with Gasteiger partial charge in [-0.05, 0) is 50.4 Å². The van der Waals surface area contributed by atoms with Crippen LogP contribution in [0, 0.1) is 5.92 Å². The molecule has 1 aliphatic carbocycles. The highest BCUT2D eigenvalue weighted by Gasteiger charge is 2.34. The van der Waals surface area contributed by atoms with Crippen molar-refractivity contribution in [1.82, 2.24) is 19.9 Å². The van der Waals surface area contributed by atoms with Gasteiger partial charge >= 0.3 is 0 Å². The van der Waals surface area contributed by atoms with Crippen molar-refractivity contribution in [2.24, 2.45) is 5.92 Å². The molecule has 7 nitrogen and oxygen atoms in total. The van der Waals surface area contributed by atoms with Gasteiger partial charge in [0.25, 0.3) is 0 Å². The van der Waals surface area contributed by atoms with Gasteiger partial charge in [-0.15, -0.1) is 0 Å². The summed E-state index contributed by atoms with van der Waals surface area (Å²) >= 11 is 0. The average molecular weight is 476 g/mol. The quantitative estimate of drug-likeness (QED) is 0.496. The van der Waals surface area contributed by atoms with E-state index >= 15 is 0 Å². The van der Waals surface area contributed by atoms with Gasteiger partial charge in [-0.1, -0.05) is 36.2 Å². The van der Waals surface area contributed by atoms with Crippen LogP contribution in [0.4, 0.5) is 5.82 Å². The van der Waals surface area contributed by atoms with E-state index in [1.165, 1.54) is 44.1 Å². The van der Waals surface area contributed by atoms with E-state index in [1.54, 1.807) is 0 Å². The van der Waals surface area contributed by atoms with Gasteiger partial charge in [-0.25, -0.2) is 4.98 Å². The Bertz CT molecular complexity index is 1110. The van der Waals surface area contributed by atoms with Crippen molar-refractivity contribution in [3.8, 4) is 5.88 Å². The second-order valence-corrected chi connectivity index (χ2v) is 10.7. The van der Waals surface area contributed by atoms with Crippen molar-refractivity contribution in [1.29, 1.82) is 0 Å². The molecule has 0 bridgehead atoms. The molecule has 4 heterocycles. The number of piperidine rings is 1. The van der Waals surface area contributed by atoms with Crippen LogP contribution in [0.2, 0.25) is 0 Å². The van der Waals surface area contributed by atoms with Crippen LogP contribution in [0.5, 0.6) is 5.88 Å². The van der Waals surface area contributed by atoms with Crippen molar-refractivity contribution in [2.45, 2.75) is 57.2 Å². The maximum absolute atomic E-state index is 6.13. The predicted molar refractivity (Wildman–Crippen MR) is 138 cm³/mol. The minimum absolute atomic E-state index is 0.556. The molecule has 0 radical (unpaired) electrons. The van der Waals surface area contributed by atoms with Gasteiger partial charge in [-0.3, -0.25) is 9.80 Å². The lowest BCUT2D eigenvalue weighted by atomic mass is 9.91. The van der Waals surface area contributed by atoms with E-state index < -0.39 is 0 Å². The monoisotopic (exact) mass is 475 g/mol. The summed E-state index contributed by atoms with van der Waals surface area (Å²) in [5.41, 5.74) is 2.14. The Morgan fingerprint density at radius 1 is 1.03 bits per heavy atom. The maximum atomic E-state index is 6.13. The summed E-state index contributed by atoms with van der Waals surface area (Å²) < 4.78 is 11.7. The van der Waals surface area contributed by atoms with Gasteiger partial charge in [-0.2, -0.15) is 0 Å². The molecule has 0 N–H and O–H groups in total. The molecule has 2 aliphatic heterocycles. The highest BCUT2D eigenvalue weighted by atomic mass is 16.5. The Balaban J connectivity index is 0.980. The molecule has 2 saturated heterocycles. The van der Waals surface area contributed by atoms with Crippen LogP contribution in [0.3, 0.4) is 0 Å². The molecule has 3 aromatic rings. The van der Waals surface area contributed by atoms with Gasteiger partial charge in [0.05, 0.1) is 12.0 Å². The number of ether oxygens (including phenoxy) is 1. The molecule has 2 aromatic heterocycles. The summed E-state index contributed by atoms with van der Waals surface area (Å²) in [7, 11) is 2.24. The summed E-state index contributed by atoms with van der Waals surface area (Å²) in [5.74, 6) is 2.30. The van der Waals surface area contributed by atoms with Crippen molar-refractivity contribution < 1.29 is 9.26 Å². The SMILES string of the molecule is CN(Cc1ccc(OCC2CCC3CN(c4noc5ccccc45)CCN3C2)nc1)C1CCCC1. The molecule has 0 amide bonds.